The fourth-order valence-electron chi connectivity index (χ4n) is 4.10. The van der Waals surface area contributed by atoms with Crippen LogP contribution in [0.15, 0.2) is 49.1 Å². The monoisotopic (exact) mass is 518 g/mol. The lowest BCUT2D eigenvalue weighted by Crippen LogP contribution is -2.31. The molecule has 1 saturated carbocycles. The number of nitrogens with zero attached hydrogens (tertiary/aromatic N) is 4. The van der Waals surface area contributed by atoms with Crippen LogP contribution in [0.25, 0.3) is 10.9 Å². The number of ether oxygens (including phenoxy) is 2. The van der Waals surface area contributed by atoms with Gasteiger partial charge in [-0.05, 0) is 42.5 Å². The third-order valence-electron chi connectivity index (χ3n) is 6.28. The largest absolute Gasteiger partial charge is 0.486 e. The topological polar surface area (TPSA) is 82.3 Å². The van der Waals surface area contributed by atoms with E-state index in [1.54, 1.807) is 29.8 Å². The number of aryl methyl sites for hydroxylation is 1. The maximum Gasteiger partial charge on any atom is 0.433 e. The van der Waals surface area contributed by atoms with E-state index in [4.69, 9.17) is 21.1 Å². The second-order valence-electron chi connectivity index (χ2n) is 8.78. The predicted molar refractivity (Wildman–Crippen MR) is 126 cm³/mol. The summed E-state index contributed by atoms with van der Waals surface area (Å²) in [6.45, 7) is 0.485. The summed E-state index contributed by atoms with van der Waals surface area (Å²) in [6.07, 6.45) is 1.51. The highest BCUT2D eigenvalue weighted by Crippen LogP contribution is 2.43. The molecule has 1 N–H and O–H groups in total. The Hall–Kier alpha value is -3.37. The van der Waals surface area contributed by atoms with Crippen LogP contribution in [0.1, 0.15) is 35.4 Å². The van der Waals surface area contributed by atoms with E-state index in [1.165, 1.54) is 25.7 Å². The molecule has 0 aliphatic heterocycles. The van der Waals surface area contributed by atoms with E-state index in [9.17, 15) is 18.3 Å². The molecule has 0 bridgehead atoms. The van der Waals surface area contributed by atoms with E-state index < -0.39 is 17.5 Å². The molecule has 5 rings (SSSR count). The number of methoxy groups -OCH3 is 1. The molecule has 0 radical (unpaired) electrons. The summed E-state index contributed by atoms with van der Waals surface area (Å²) in [5.41, 5.74) is -1.67. The lowest BCUT2D eigenvalue weighted by Gasteiger charge is -2.30. The molecule has 3 heterocycles. The number of rotatable bonds is 7. The molecule has 36 heavy (non-hydrogen) atoms. The average molecular weight is 519 g/mol. The van der Waals surface area contributed by atoms with E-state index >= 15 is 0 Å². The lowest BCUT2D eigenvalue weighted by atomic mass is 9.83. The minimum absolute atomic E-state index is 0.126. The van der Waals surface area contributed by atoms with Crippen molar-refractivity contribution in [1.29, 1.82) is 0 Å². The summed E-state index contributed by atoms with van der Waals surface area (Å²) in [7, 11) is 3.15. The van der Waals surface area contributed by atoms with Gasteiger partial charge in [0, 0.05) is 24.2 Å². The number of pyridine rings is 2. The van der Waals surface area contributed by atoms with Crippen LogP contribution < -0.4 is 9.47 Å². The van der Waals surface area contributed by atoms with Crippen molar-refractivity contribution in [2.45, 2.75) is 24.6 Å². The Morgan fingerprint density at radius 3 is 2.47 bits per heavy atom. The number of alkyl halides is 3. The maximum absolute atomic E-state index is 13.1. The normalized spacial score (nSPS) is 15.6. The fraction of sp³-hybridized carbons (Fsp3) is 0.320. The van der Waals surface area contributed by atoms with Gasteiger partial charge >= 0.3 is 6.18 Å². The van der Waals surface area contributed by atoms with Crippen LogP contribution in [0.5, 0.6) is 11.6 Å². The molecule has 1 atom stereocenters. The lowest BCUT2D eigenvalue weighted by molar-refractivity contribution is -0.141. The van der Waals surface area contributed by atoms with E-state index in [-0.39, 0.29) is 16.5 Å². The van der Waals surface area contributed by atoms with Gasteiger partial charge in [-0.25, -0.2) is 9.97 Å². The Morgan fingerprint density at radius 1 is 1.14 bits per heavy atom. The van der Waals surface area contributed by atoms with Gasteiger partial charge in [0.15, 0.2) is 5.60 Å². The van der Waals surface area contributed by atoms with Crippen molar-refractivity contribution in [3.8, 4) is 11.6 Å². The summed E-state index contributed by atoms with van der Waals surface area (Å²) in [4.78, 5) is 12.1. The number of fused-ring (bicyclic) bond motifs is 1. The quantitative estimate of drug-likeness (QED) is 0.366. The third kappa shape index (κ3) is 4.24. The Morgan fingerprint density at radius 2 is 1.89 bits per heavy atom. The molecular weight excluding hydrogens is 497 g/mol. The summed E-state index contributed by atoms with van der Waals surface area (Å²) in [6, 6.07) is 6.95. The molecule has 11 heteroatoms. The van der Waals surface area contributed by atoms with Gasteiger partial charge in [0.2, 0.25) is 5.75 Å². The predicted octanol–water partition coefficient (Wildman–Crippen LogP) is 5.12. The number of hydrogen-bond donors (Lipinski definition) is 1. The number of imidazole rings is 1. The maximum atomic E-state index is 13.1. The van der Waals surface area contributed by atoms with Crippen LogP contribution in [0.3, 0.4) is 0 Å². The van der Waals surface area contributed by atoms with Crippen molar-refractivity contribution in [2.75, 3.05) is 13.7 Å². The van der Waals surface area contributed by atoms with Crippen molar-refractivity contribution in [1.82, 2.24) is 19.5 Å². The molecule has 4 aromatic rings. The third-order valence-corrected chi connectivity index (χ3v) is 6.65. The minimum atomic E-state index is -4.61. The minimum Gasteiger partial charge on any atom is -0.486 e. The number of benzene rings is 1. The number of hydrogen-bond acceptors (Lipinski definition) is 6. The smallest absolute Gasteiger partial charge is 0.433 e. The van der Waals surface area contributed by atoms with Crippen LogP contribution in [0.2, 0.25) is 5.02 Å². The highest BCUT2D eigenvalue weighted by atomic mass is 35.5. The second-order valence-corrected chi connectivity index (χ2v) is 9.16. The van der Waals surface area contributed by atoms with Crippen molar-refractivity contribution in [2.24, 2.45) is 13.0 Å². The van der Waals surface area contributed by atoms with Crippen molar-refractivity contribution in [3.05, 3.63) is 76.6 Å². The van der Waals surface area contributed by atoms with Gasteiger partial charge in [0.1, 0.15) is 5.69 Å². The SMILES string of the molecule is COc1nc2ccc([C@](O)(c3ccc(C(F)(F)F)nc3)c3cncn3C)cc2c(Cl)c1OCC1CC1. The number of halogens is 4. The zero-order chi connectivity index (χ0) is 25.7. The van der Waals surface area contributed by atoms with E-state index in [0.717, 1.165) is 25.1 Å². The molecule has 3 aromatic heterocycles. The Kier molecular flexibility index (Phi) is 6.04. The first-order valence-electron chi connectivity index (χ1n) is 11.2. The highest BCUT2D eigenvalue weighted by molar-refractivity contribution is 6.37. The fourth-order valence-corrected chi connectivity index (χ4v) is 4.39. The van der Waals surface area contributed by atoms with Gasteiger partial charge in [-0.3, -0.25) is 4.98 Å². The standard InChI is InChI=1S/C25H22ClF3N4O3/c1-33-13-30-11-20(33)24(34,16-6-8-19(31-10-16)25(27,28)29)15-5-7-18-17(9-15)21(26)22(23(32-18)35-2)36-12-14-3-4-14/h5-11,13-14,34H,3-4,12H2,1-2H3/t24-/m0/s1. The van der Waals surface area contributed by atoms with E-state index in [0.29, 0.717) is 40.4 Å². The van der Waals surface area contributed by atoms with E-state index in [2.05, 4.69) is 15.0 Å². The molecule has 1 fully saturated rings. The van der Waals surface area contributed by atoms with Crippen molar-refractivity contribution >= 4 is 22.5 Å². The zero-order valence-corrected chi connectivity index (χ0v) is 20.1. The van der Waals surface area contributed by atoms with Gasteiger partial charge in [-0.2, -0.15) is 13.2 Å². The highest BCUT2D eigenvalue weighted by Gasteiger charge is 2.39. The summed E-state index contributed by atoms with van der Waals surface area (Å²) in [5, 5.41) is 12.8. The molecule has 0 spiro atoms. The molecule has 1 aliphatic rings. The first-order chi connectivity index (χ1) is 17.1. The molecule has 0 unspecified atom stereocenters. The molecule has 1 aliphatic carbocycles. The Balaban J connectivity index is 1.67. The van der Waals surface area contributed by atoms with Gasteiger partial charge in [-0.1, -0.05) is 23.7 Å². The van der Waals surface area contributed by atoms with Gasteiger partial charge in [0.05, 0.1) is 42.5 Å². The van der Waals surface area contributed by atoms with Gasteiger partial charge < -0.3 is 19.1 Å². The van der Waals surface area contributed by atoms with Gasteiger partial charge in [-0.15, -0.1) is 0 Å². The average Bonchev–Trinajstić information content (AvgIpc) is 3.59. The zero-order valence-electron chi connectivity index (χ0n) is 19.4. The van der Waals surface area contributed by atoms with Crippen LogP contribution in [0.4, 0.5) is 13.2 Å². The van der Waals surface area contributed by atoms with E-state index in [1.807, 2.05) is 0 Å². The molecule has 188 valence electrons. The van der Waals surface area contributed by atoms with Crippen LogP contribution >= 0.6 is 11.6 Å². The second kappa shape index (κ2) is 8.94. The number of aromatic nitrogens is 4. The molecule has 0 saturated heterocycles. The molecule has 1 aromatic carbocycles. The van der Waals surface area contributed by atoms with Gasteiger partial charge in [0.25, 0.3) is 5.88 Å². The summed E-state index contributed by atoms with van der Waals surface area (Å²) >= 11 is 6.74. The van der Waals surface area contributed by atoms with Crippen molar-refractivity contribution in [3.63, 3.8) is 0 Å². The summed E-state index contributed by atoms with van der Waals surface area (Å²) < 4.78 is 52.3. The van der Waals surface area contributed by atoms with Crippen LogP contribution in [0, 0.1) is 5.92 Å². The number of aliphatic hydroxyl groups is 1. The van der Waals surface area contributed by atoms with Crippen LogP contribution in [-0.4, -0.2) is 38.3 Å². The van der Waals surface area contributed by atoms with Crippen molar-refractivity contribution < 1.29 is 27.8 Å². The summed E-state index contributed by atoms with van der Waals surface area (Å²) in [5.74, 6) is 1.01. The molecule has 7 nitrogen and oxygen atoms in total. The molecule has 0 amide bonds. The first-order valence-corrected chi connectivity index (χ1v) is 11.5. The Bertz CT molecular complexity index is 1420. The Labute approximate surface area is 209 Å². The molecular formula is C25H22ClF3N4O3. The van der Waals surface area contributed by atoms with Crippen LogP contribution in [-0.2, 0) is 18.8 Å². The first kappa shape index (κ1) is 24.3.